The zero-order valence-electron chi connectivity index (χ0n) is 10.6. The Balaban J connectivity index is 3.19. The van der Waals surface area contributed by atoms with Gasteiger partial charge < -0.3 is 0 Å². The highest BCUT2D eigenvalue weighted by Gasteiger charge is 2.15. The molecule has 17 heavy (non-hydrogen) atoms. The molecule has 0 saturated heterocycles. The second-order valence-electron chi connectivity index (χ2n) is 4.58. The van der Waals surface area contributed by atoms with E-state index in [9.17, 15) is 13.2 Å². The van der Waals surface area contributed by atoms with Crippen molar-refractivity contribution in [2.75, 3.05) is 12.0 Å². The molecule has 0 aliphatic heterocycles. The maximum absolute atomic E-state index is 11.5. The first-order chi connectivity index (χ1) is 7.72. The smallest absolute Gasteiger partial charge is 0.267 e. The van der Waals surface area contributed by atoms with E-state index in [0.717, 1.165) is 11.3 Å². The maximum Gasteiger partial charge on any atom is 0.267 e. The molecule has 0 spiro atoms. The Kier molecular flexibility index (Phi) is 4.08. The minimum absolute atomic E-state index is 0.0404. The first-order valence-corrected chi connectivity index (χ1v) is 7.54. The summed E-state index contributed by atoms with van der Waals surface area (Å²) in [4.78, 5) is 11.5. The summed E-state index contributed by atoms with van der Waals surface area (Å²) in [5.74, 6) is 0.193. The molecule has 96 valence electrons. The van der Waals surface area contributed by atoms with E-state index in [1.165, 1.54) is 6.26 Å². The highest BCUT2D eigenvalue weighted by Crippen LogP contribution is 2.18. The quantitative estimate of drug-likeness (QED) is 0.865. The fraction of sp³-hybridized carbons (Fsp3) is 0.636. The van der Waals surface area contributed by atoms with Gasteiger partial charge in [0, 0.05) is 11.8 Å². The summed E-state index contributed by atoms with van der Waals surface area (Å²) in [7, 11) is -3.03. The fourth-order valence-corrected chi connectivity index (χ4v) is 2.25. The molecule has 0 saturated carbocycles. The van der Waals surface area contributed by atoms with E-state index < -0.39 is 9.84 Å². The van der Waals surface area contributed by atoms with Crippen LogP contribution in [0.3, 0.4) is 0 Å². The van der Waals surface area contributed by atoms with Crippen molar-refractivity contribution in [3.05, 3.63) is 27.2 Å². The van der Waals surface area contributed by atoms with E-state index in [0.29, 0.717) is 12.0 Å². The molecule has 0 unspecified atom stereocenters. The van der Waals surface area contributed by atoms with Crippen molar-refractivity contribution in [2.24, 2.45) is 0 Å². The van der Waals surface area contributed by atoms with Crippen LogP contribution in [0.5, 0.6) is 0 Å². The van der Waals surface area contributed by atoms with Crippen LogP contribution in [0.25, 0.3) is 0 Å². The SMILES string of the molecule is Cc1c(CCS(C)(=O)=O)c(C(C)C)n[nH]c1=O. The highest BCUT2D eigenvalue weighted by atomic mass is 32.2. The molecule has 0 radical (unpaired) electrons. The van der Waals surface area contributed by atoms with E-state index in [4.69, 9.17) is 0 Å². The van der Waals surface area contributed by atoms with Gasteiger partial charge in [0.05, 0.1) is 11.4 Å². The van der Waals surface area contributed by atoms with Gasteiger partial charge in [-0.3, -0.25) is 4.79 Å². The van der Waals surface area contributed by atoms with Crippen LogP contribution in [-0.2, 0) is 16.3 Å². The van der Waals surface area contributed by atoms with Crippen molar-refractivity contribution in [3.63, 3.8) is 0 Å². The van der Waals surface area contributed by atoms with E-state index in [1.807, 2.05) is 13.8 Å². The van der Waals surface area contributed by atoms with Crippen LogP contribution >= 0.6 is 0 Å². The lowest BCUT2D eigenvalue weighted by Crippen LogP contribution is -2.20. The normalized spacial score (nSPS) is 12.1. The molecule has 0 amide bonds. The van der Waals surface area contributed by atoms with Gasteiger partial charge in [-0.25, -0.2) is 13.5 Å². The van der Waals surface area contributed by atoms with Gasteiger partial charge >= 0.3 is 0 Å². The van der Waals surface area contributed by atoms with Crippen molar-refractivity contribution in [2.45, 2.75) is 33.1 Å². The van der Waals surface area contributed by atoms with E-state index >= 15 is 0 Å². The molecule has 0 bridgehead atoms. The van der Waals surface area contributed by atoms with Crippen LogP contribution in [0.2, 0.25) is 0 Å². The molecular formula is C11H18N2O3S. The molecule has 1 N–H and O–H groups in total. The predicted octanol–water partition coefficient (Wildman–Crippen LogP) is 0.789. The van der Waals surface area contributed by atoms with Gasteiger partial charge in [-0.05, 0) is 24.8 Å². The fourth-order valence-electron chi connectivity index (χ4n) is 1.67. The van der Waals surface area contributed by atoms with Crippen LogP contribution < -0.4 is 5.56 Å². The molecule has 6 heteroatoms. The molecule has 0 aliphatic rings. The van der Waals surface area contributed by atoms with Gasteiger partial charge in [0.2, 0.25) is 0 Å². The van der Waals surface area contributed by atoms with Gasteiger partial charge in [0.25, 0.3) is 5.56 Å². The zero-order chi connectivity index (χ0) is 13.2. The average Bonchev–Trinajstić information content (AvgIpc) is 2.18. The number of aromatic amines is 1. The van der Waals surface area contributed by atoms with Crippen LogP contribution in [0.1, 0.15) is 36.6 Å². The number of sulfone groups is 1. The molecule has 1 rings (SSSR count). The highest BCUT2D eigenvalue weighted by molar-refractivity contribution is 7.90. The van der Waals surface area contributed by atoms with E-state index in [2.05, 4.69) is 10.2 Å². The first kappa shape index (κ1) is 13.9. The summed E-state index contributed by atoms with van der Waals surface area (Å²) in [5, 5.41) is 6.44. The number of hydrogen-bond acceptors (Lipinski definition) is 4. The third-order valence-corrected chi connectivity index (χ3v) is 3.60. The number of nitrogens with one attached hydrogen (secondary N) is 1. The van der Waals surface area contributed by atoms with Gasteiger partial charge in [0.1, 0.15) is 9.84 Å². The molecule has 0 aromatic carbocycles. The molecule has 1 aromatic heterocycles. The standard InChI is InChI=1S/C11H18N2O3S/c1-7(2)10-9(5-6-17(4,15)16)8(3)11(14)13-12-10/h7H,5-6H2,1-4H3,(H,13,14). The van der Waals surface area contributed by atoms with Gasteiger partial charge in [0.15, 0.2) is 0 Å². The summed E-state index contributed by atoms with van der Waals surface area (Å²) < 4.78 is 22.4. The second-order valence-corrected chi connectivity index (χ2v) is 6.84. The first-order valence-electron chi connectivity index (χ1n) is 5.48. The third-order valence-electron chi connectivity index (χ3n) is 2.65. The Morgan fingerprint density at radius 2 is 1.94 bits per heavy atom. The molecule has 5 nitrogen and oxygen atoms in total. The largest absolute Gasteiger partial charge is 0.268 e. The van der Waals surface area contributed by atoms with Gasteiger partial charge in [-0.2, -0.15) is 5.10 Å². The Bertz CT molecular complexity index is 559. The number of hydrogen-bond donors (Lipinski definition) is 1. The minimum atomic E-state index is -3.03. The summed E-state index contributed by atoms with van der Waals surface area (Å²) in [6.45, 7) is 5.62. The lowest BCUT2D eigenvalue weighted by molar-refractivity contribution is 0.600. The Morgan fingerprint density at radius 1 is 1.35 bits per heavy atom. The molecule has 0 aliphatic carbocycles. The zero-order valence-corrected chi connectivity index (χ0v) is 11.4. The van der Waals surface area contributed by atoms with Gasteiger partial charge in [-0.1, -0.05) is 13.8 Å². The van der Waals surface area contributed by atoms with Crippen LogP contribution in [0, 0.1) is 6.92 Å². The Hall–Kier alpha value is -1.17. The van der Waals surface area contributed by atoms with Crippen molar-refractivity contribution >= 4 is 9.84 Å². The average molecular weight is 258 g/mol. The summed E-state index contributed by atoms with van der Waals surface area (Å²) in [6, 6.07) is 0. The van der Waals surface area contributed by atoms with E-state index in [-0.39, 0.29) is 17.2 Å². The third kappa shape index (κ3) is 3.66. The Morgan fingerprint density at radius 3 is 2.41 bits per heavy atom. The lowest BCUT2D eigenvalue weighted by atomic mass is 9.99. The summed E-state index contributed by atoms with van der Waals surface area (Å²) >= 11 is 0. The van der Waals surface area contributed by atoms with E-state index in [1.54, 1.807) is 6.92 Å². The van der Waals surface area contributed by atoms with Gasteiger partial charge in [-0.15, -0.1) is 0 Å². The predicted molar refractivity (Wildman–Crippen MR) is 67.1 cm³/mol. The minimum Gasteiger partial charge on any atom is -0.268 e. The molecular weight excluding hydrogens is 240 g/mol. The van der Waals surface area contributed by atoms with Crippen LogP contribution in [-0.4, -0.2) is 30.6 Å². The van der Waals surface area contributed by atoms with Crippen molar-refractivity contribution < 1.29 is 8.42 Å². The number of nitrogens with zero attached hydrogens (tertiary/aromatic N) is 1. The molecule has 1 heterocycles. The molecule has 1 aromatic rings. The molecule has 0 atom stereocenters. The second kappa shape index (κ2) is 5.00. The van der Waals surface area contributed by atoms with Crippen LogP contribution in [0.15, 0.2) is 4.79 Å². The summed E-state index contributed by atoms with van der Waals surface area (Å²) in [5.41, 5.74) is 1.84. The van der Waals surface area contributed by atoms with Crippen LogP contribution in [0.4, 0.5) is 0 Å². The molecule has 0 fully saturated rings. The number of H-pyrrole nitrogens is 1. The summed E-state index contributed by atoms with van der Waals surface area (Å²) in [6.07, 6.45) is 1.53. The van der Waals surface area contributed by atoms with Crippen molar-refractivity contribution in [3.8, 4) is 0 Å². The Labute approximate surface area is 101 Å². The topological polar surface area (TPSA) is 79.9 Å². The number of rotatable bonds is 4. The van der Waals surface area contributed by atoms with Crippen molar-refractivity contribution in [1.82, 2.24) is 10.2 Å². The van der Waals surface area contributed by atoms with Crippen molar-refractivity contribution in [1.29, 1.82) is 0 Å². The monoisotopic (exact) mass is 258 g/mol. The number of aromatic nitrogens is 2. The lowest BCUT2D eigenvalue weighted by Gasteiger charge is -2.12. The maximum atomic E-state index is 11.5.